The zero-order valence-electron chi connectivity index (χ0n) is 9.50. The van der Waals surface area contributed by atoms with E-state index in [0.717, 1.165) is 12.8 Å². The number of hydrogen-bond acceptors (Lipinski definition) is 2. The van der Waals surface area contributed by atoms with Gasteiger partial charge < -0.3 is 5.11 Å². The topological polar surface area (TPSA) is 20.2 Å². The summed E-state index contributed by atoms with van der Waals surface area (Å²) in [6.45, 7) is 8.18. The minimum atomic E-state index is -0.588. The van der Waals surface area contributed by atoms with E-state index in [-0.39, 0.29) is 5.41 Å². The molecule has 0 spiro atoms. The summed E-state index contributed by atoms with van der Waals surface area (Å²) >= 11 is 1.72. The summed E-state index contributed by atoms with van der Waals surface area (Å²) in [4.78, 5) is 0. The van der Waals surface area contributed by atoms with Crippen LogP contribution in [0.15, 0.2) is 16.8 Å². The molecule has 1 N–H and O–H groups in total. The van der Waals surface area contributed by atoms with Crippen LogP contribution in [0.3, 0.4) is 0 Å². The molecule has 0 aliphatic carbocycles. The van der Waals surface area contributed by atoms with Gasteiger partial charge in [0.2, 0.25) is 0 Å². The molecular formula is C12H20OS. The van der Waals surface area contributed by atoms with Gasteiger partial charge in [-0.2, -0.15) is 11.3 Å². The molecular weight excluding hydrogens is 192 g/mol. The molecule has 14 heavy (non-hydrogen) atoms. The smallest absolute Gasteiger partial charge is 0.0671 e. The van der Waals surface area contributed by atoms with E-state index < -0.39 is 5.60 Å². The summed E-state index contributed by atoms with van der Waals surface area (Å²) in [5, 5.41) is 14.5. The van der Waals surface area contributed by atoms with Crippen LogP contribution in [0.25, 0.3) is 0 Å². The summed E-state index contributed by atoms with van der Waals surface area (Å²) in [6.07, 6.45) is 1.79. The summed E-state index contributed by atoms with van der Waals surface area (Å²) < 4.78 is 0. The highest BCUT2D eigenvalue weighted by Gasteiger charge is 2.34. The van der Waals surface area contributed by atoms with Gasteiger partial charge in [-0.25, -0.2) is 0 Å². The van der Waals surface area contributed by atoms with Gasteiger partial charge in [0.15, 0.2) is 0 Å². The van der Waals surface area contributed by atoms with Gasteiger partial charge in [-0.05, 0) is 47.6 Å². The predicted octanol–water partition coefficient (Wildman–Crippen LogP) is 3.48. The Morgan fingerprint density at radius 3 is 2.36 bits per heavy atom. The molecule has 0 radical (unpaired) electrons. The molecule has 0 aromatic carbocycles. The standard InChI is InChI=1S/C12H20OS/c1-11(2,3)12(4,13)7-5-10-6-8-14-9-10/h6,8-9,13H,5,7H2,1-4H3. The van der Waals surface area contributed by atoms with Gasteiger partial charge in [0.25, 0.3) is 0 Å². The van der Waals surface area contributed by atoms with Gasteiger partial charge in [0, 0.05) is 0 Å². The van der Waals surface area contributed by atoms with Crippen molar-refractivity contribution in [2.45, 2.75) is 46.1 Å². The molecule has 0 aliphatic heterocycles. The second kappa shape index (κ2) is 4.03. The van der Waals surface area contributed by atoms with Crippen LogP contribution in [0, 0.1) is 5.41 Å². The first-order valence-corrected chi connectivity index (χ1v) is 6.01. The zero-order valence-corrected chi connectivity index (χ0v) is 10.3. The third kappa shape index (κ3) is 2.82. The van der Waals surface area contributed by atoms with Crippen molar-refractivity contribution in [2.24, 2.45) is 5.41 Å². The number of rotatable bonds is 3. The lowest BCUT2D eigenvalue weighted by Gasteiger charge is -2.37. The summed E-state index contributed by atoms with van der Waals surface area (Å²) in [6, 6.07) is 2.13. The van der Waals surface area contributed by atoms with Crippen LogP contribution in [0.1, 0.15) is 39.7 Å². The van der Waals surface area contributed by atoms with E-state index in [0.29, 0.717) is 0 Å². The molecule has 1 rings (SSSR count). The number of aliphatic hydroxyl groups is 1. The van der Waals surface area contributed by atoms with E-state index in [2.05, 4.69) is 37.6 Å². The lowest BCUT2D eigenvalue weighted by atomic mass is 9.75. The zero-order chi connectivity index (χ0) is 10.8. The molecule has 0 fully saturated rings. The van der Waals surface area contributed by atoms with Gasteiger partial charge in [0.1, 0.15) is 0 Å². The maximum absolute atomic E-state index is 10.3. The molecule has 80 valence electrons. The van der Waals surface area contributed by atoms with Gasteiger partial charge in [-0.3, -0.25) is 0 Å². The van der Waals surface area contributed by atoms with Crippen molar-refractivity contribution in [3.63, 3.8) is 0 Å². The van der Waals surface area contributed by atoms with Crippen molar-refractivity contribution < 1.29 is 5.11 Å². The second-order valence-electron chi connectivity index (χ2n) is 5.16. The largest absolute Gasteiger partial charge is 0.390 e. The molecule has 0 amide bonds. The Balaban J connectivity index is 2.53. The molecule has 0 saturated heterocycles. The quantitative estimate of drug-likeness (QED) is 0.813. The Labute approximate surface area is 90.8 Å². The fraction of sp³-hybridized carbons (Fsp3) is 0.667. The van der Waals surface area contributed by atoms with E-state index in [4.69, 9.17) is 0 Å². The summed E-state index contributed by atoms with van der Waals surface area (Å²) in [5.41, 5.74) is 0.692. The average molecular weight is 212 g/mol. The first-order chi connectivity index (χ1) is 6.33. The summed E-state index contributed by atoms with van der Waals surface area (Å²) in [7, 11) is 0. The monoisotopic (exact) mass is 212 g/mol. The Morgan fingerprint density at radius 1 is 1.29 bits per heavy atom. The van der Waals surface area contributed by atoms with E-state index in [1.807, 2.05) is 6.92 Å². The van der Waals surface area contributed by atoms with Crippen molar-refractivity contribution in [1.82, 2.24) is 0 Å². The molecule has 2 heteroatoms. The Morgan fingerprint density at radius 2 is 1.93 bits per heavy atom. The fourth-order valence-electron chi connectivity index (χ4n) is 1.20. The highest BCUT2D eigenvalue weighted by molar-refractivity contribution is 7.07. The van der Waals surface area contributed by atoms with E-state index in [1.165, 1.54) is 5.56 Å². The van der Waals surface area contributed by atoms with Crippen LogP contribution in [0.2, 0.25) is 0 Å². The van der Waals surface area contributed by atoms with E-state index >= 15 is 0 Å². The van der Waals surface area contributed by atoms with Crippen molar-refractivity contribution in [3.8, 4) is 0 Å². The minimum Gasteiger partial charge on any atom is -0.390 e. The number of aryl methyl sites for hydroxylation is 1. The summed E-state index contributed by atoms with van der Waals surface area (Å²) in [5.74, 6) is 0. The lowest BCUT2D eigenvalue weighted by molar-refractivity contribution is -0.0476. The molecule has 0 saturated carbocycles. The highest BCUT2D eigenvalue weighted by atomic mass is 32.1. The van der Waals surface area contributed by atoms with Crippen LogP contribution in [0.4, 0.5) is 0 Å². The second-order valence-corrected chi connectivity index (χ2v) is 5.94. The normalized spacial score (nSPS) is 16.6. The maximum Gasteiger partial charge on any atom is 0.0671 e. The van der Waals surface area contributed by atoms with E-state index in [9.17, 15) is 5.11 Å². The Hall–Kier alpha value is -0.340. The molecule has 1 atom stereocenters. The molecule has 1 heterocycles. The van der Waals surface area contributed by atoms with Crippen LogP contribution in [-0.4, -0.2) is 10.7 Å². The van der Waals surface area contributed by atoms with Crippen molar-refractivity contribution >= 4 is 11.3 Å². The SMILES string of the molecule is CC(C)(C)C(C)(O)CCc1ccsc1. The molecule has 1 unspecified atom stereocenters. The van der Waals surface area contributed by atoms with Gasteiger partial charge >= 0.3 is 0 Å². The molecule has 1 aromatic heterocycles. The predicted molar refractivity (Wildman–Crippen MR) is 62.7 cm³/mol. The van der Waals surface area contributed by atoms with Gasteiger partial charge in [0.05, 0.1) is 5.60 Å². The Kier molecular flexibility index (Phi) is 3.38. The van der Waals surface area contributed by atoms with Crippen LogP contribution >= 0.6 is 11.3 Å². The first-order valence-electron chi connectivity index (χ1n) is 5.06. The van der Waals surface area contributed by atoms with Crippen LogP contribution in [-0.2, 0) is 6.42 Å². The van der Waals surface area contributed by atoms with Crippen LogP contribution in [0.5, 0.6) is 0 Å². The molecule has 1 nitrogen and oxygen atoms in total. The van der Waals surface area contributed by atoms with Crippen molar-refractivity contribution in [3.05, 3.63) is 22.4 Å². The Bertz CT molecular complexity index is 267. The number of thiophene rings is 1. The average Bonchev–Trinajstić information content (AvgIpc) is 2.50. The molecule has 0 aliphatic rings. The highest BCUT2D eigenvalue weighted by Crippen LogP contribution is 2.33. The first kappa shape index (κ1) is 11.7. The van der Waals surface area contributed by atoms with Crippen molar-refractivity contribution in [2.75, 3.05) is 0 Å². The third-order valence-electron chi connectivity index (χ3n) is 3.10. The molecule has 0 bridgehead atoms. The minimum absolute atomic E-state index is 0.0526. The molecule has 1 aromatic rings. The lowest BCUT2D eigenvalue weighted by Crippen LogP contribution is -2.40. The number of hydrogen-bond donors (Lipinski definition) is 1. The van der Waals surface area contributed by atoms with Gasteiger partial charge in [-0.15, -0.1) is 0 Å². The van der Waals surface area contributed by atoms with Crippen molar-refractivity contribution in [1.29, 1.82) is 0 Å². The van der Waals surface area contributed by atoms with E-state index in [1.54, 1.807) is 11.3 Å². The third-order valence-corrected chi connectivity index (χ3v) is 3.83. The fourth-order valence-corrected chi connectivity index (χ4v) is 1.90. The maximum atomic E-state index is 10.3. The van der Waals surface area contributed by atoms with Crippen LogP contribution < -0.4 is 0 Å². The van der Waals surface area contributed by atoms with Gasteiger partial charge in [-0.1, -0.05) is 20.8 Å².